The van der Waals surface area contributed by atoms with Gasteiger partial charge in [-0.25, -0.2) is 9.59 Å². The van der Waals surface area contributed by atoms with Crippen molar-refractivity contribution in [3.8, 4) is 0 Å². The highest BCUT2D eigenvalue weighted by Gasteiger charge is 2.64. The lowest BCUT2D eigenvalue weighted by atomic mass is 9.49. The number of carbonyl (C=O) groups is 3. The van der Waals surface area contributed by atoms with Crippen LogP contribution in [0.1, 0.15) is 115 Å². The molecule has 406 valence electrons. The number of aliphatic hydroxyl groups excluding tert-OH is 4. The van der Waals surface area contributed by atoms with Crippen molar-refractivity contribution in [2.24, 2.45) is 46.8 Å². The average molecular weight is 1030 g/mol. The number of allylic oxidation sites excluding steroid dienone is 4. The van der Waals surface area contributed by atoms with Gasteiger partial charge in [0.1, 0.15) is 29.6 Å². The second kappa shape index (κ2) is 20.8. The number of nitrogens with one attached hydrogen (secondary N) is 1. The maximum absolute atomic E-state index is 15.4. The SMILES string of the molecule is COC(=O)N[C@H]1[C@@H](C)O[C@@H](O[C@H]2C/C=C(\C)[C@@H]3C=C[C@@H]4[C@@H](O[C@H]5C[C@@H](O[C@H]6C[C@@H](O)[C@@H](O)[C@H](C)O6)[C@@H](O)[C@H](C)O5)[C@@H](C)C[C@H](C)[C@H]4[C@]3(C)/C(O)=C3\C(=O)O[C@]4(C[C@@H](C)C(C)=C[C@H]4/C=C/2C)C3=O)C[C@]1(C)[N+](=O)[O-]. The Morgan fingerprint density at radius 1 is 0.808 bits per heavy atom. The van der Waals surface area contributed by atoms with Crippen LogP contribution in [0.25, 0.3) is 0 Å². The Kier molecular flexibility index (Phi) is 15.7. The minimum atomic E-state index is -1.71. The monoisotopic (exact) mass is 1030 g/mol. The van der Waals surface area contributed by atoms with Gasteiger partial charge in [0.25, 0.3) is 0 Å². The Bertz CT molecular complexity index is 2300. The van der Waals surface area contributed by atoms with Crippen LogP contribution in [0.5, 0.6) is 0 Å². The Morgan fingerprint density at radius 3 is 2.11 bits per heavy atom. The van der Waals surface area contributed by atoms with Crippen LogP contribution in [0.4, 0.5) is 4.79 Å². The maximum Gasteiger partial charge on any atom is 0.407 e. The molecule has 8 rings (SSSR count). The number of esters is 1. The summed E-state index contributed by atoms with van der Waals surface area (Å²) in [6.07, 6.45) is -0.223. The van der Waals surface area contributed by atoms with E-state index in [4.69, 9.17) is 37.9 Å². The van der Waals surface area contributed by atoms with Gasteiger partial charge in [-0.2, -0.15) is 0 Å². The van der Waals surface area contributed by atoms with Crippen LogP contribution in [-0.4, -0.2) is 141 Å². The highest BCUT2D eigenvalue weighted by Crippen LogP contribution is 2.61. The lowest BCUT2D eigenvalue weighted by molar-refractivity contribution is -0.584. The zero-order chi connectivity index (χ0) is 53.4. The van der Waals surface area contributed by atoms with Gasteiger partial charge in [0.2, 0.25) is 11.3 Å². The first-order chi connectivity index (χ1) is 34.2. The van der Waals surface area contributed by atoms with Gasteiger partial charge >= 0.3 is 12.1 Å². The van der Waals surface area contributed by atoms with Gasteiger partial charge in [-0.3, -0.25) is 14.9 Å². The molecule has 2 bridgehead atoms. The van der Waals surface area contributed by atoms with E-state index in [1.165, 1.54) is 14.0 Å². The normalized spacial score (nSPS) is 49.6. The van der Waals surface area contributed by atoms with Crippen molar-refractivity contribution in [2.45, 2.75) is 206 Å². The van der Waals surface area contributed by atoms with Gasteiger partial charge in [-0.1, -0.05) is 69.2 Å². The topological polar surface area (TPSA) is 261 Å². The molecule has 4 aliphatic carbocycles. The van der Waals surface area contributed by atoms with Gasteiger partial charge < -0.3 is 63.6 Å². The summed E-state index contributed by atoms with van der Waals surface area (Å²) in [4.78, 5) is 54.7. The van der Waals surface area contributed by atoms with Crippen LogP contribution < -0.4 is 5.32 Å². The van der Waals surface area contributed by atoms with Crippen molar-refractivity contribution in [1.82, 2.24) is 5.32 Å². The van der Waals surface area contributed by atoms with Crippen LogP contribution in [0, 0.1) is 57.0 Å². The average Bonchev–Trinajstić information content (AvgIpc) is 3.56. The maximum atomic E-state index is 15.4. The minimum Gasteiger partial charge on any atom is -0.511 e. The van der Waals surface area contributed by atoms with Crippen molar-refractivity contribution in [2.75, 3.05) is 7.11 Å². The fourth-order valence-electron chi connectivity index (χ4n) is 13.9. The van der Waals surface area contributed by atoms with Gasteiger partial charge in [-0.15, -0.1) is 0 Å². The van der Waals surface area contributed by atoms with E-state index in [9.17, 15) is 40.1 Å². The molecule has 5 fully saturated rings. The molecule has 0 unspecified atom stereocenters. The summed E-state index contributed by atoms with van der Waals surface area (Å²) in [5.74, 6) is -4.22. The number of Topliss-reactive ketones (excluding diaryl/α,β-unsaturated/α-hetero) is 1. The van der Waals surface area contributed by atoms with E-state index in [0.29, 0.717) is 12.0 Å². The molecule has 4 heterocycles. The fraction of sp³-hybridized carbons (Fsp3) is 0.759. The van der Waals surface area contributed by atoms with E-state index in [0.717, 1.165) is 11.1 Å². The molecule has 4 aliphatic heterocycles. The number of methoxy groups -OCH3 is 1. The fourth-order valence-corrected chi connectivity index (χ4v) is 13.9. The number of ether oxygens (including phenoxy) is 8. The Labute approximate surface area is 427 Å². The summed E-state index contributed by atoms with van der Waals surface area (Å²) in [6.45, 7) is 20.3. The first-order valence-corrected chi connectivity index (χ1v) is 26.1. The molecule has 8 aliphatic rings. The van der Waals surface area contributed by atoms with Crippen molar-refractivity contribution in [3.05, 3.63) is 68.5 Å². The van der Waals surface area contributed by atoms with E-state index >= 15 is 4.79 Å². The zero-order valence-corrected chi connectivity index (χ0v) is 44.2. The number of amides is 1. The van der Waals surface area contributed by atoms with Crippen LogP contribution >= 0.6 is 0 Å². The number of carbonyl (C=O) groups excluding carboxylic acids is 3. The summed E-state index contributed by atoms with van der Waals surface area (Å²) in [5, 5.41) is 60.5. The smallest absolute Gasteiger partial charge is 0.407 e. The molecular weight excluding hydrogens is 949 g/mol. The van der Waals surface area contributed by atoms with E-state index in [2.05, 4.69) is 25.2 Å². The molecule has 4 saturated heterocycles. The molecule has 1 spiro atoms. The number of hydrogen-bond donors (Lipinski definition) is 5. The van der Waals surface area contributed by atoms with E-state index in [1.807, 2.05) is 58.9 Å². The molecule has 0 aromatic carbocycles. The van der Waals surface area contributed by atoms with Crippen LogP contribution in [0.2, 0.25) is 0 Å². The minimum absolute atomic E-state index is 0.0148. The summed E-state index contributed by atoms with van der Waals surface area (Å²) in [7, 11) is 1.18. The number of rotatable bonds is 8. The second-order valence-corrected chi connectivity index (χ2v) is 23.1. The highest BCUT2D eigenvalue weighted by molar-refractivity contribution is 6.26. The van der Waals surface area contributed by atoms with Crippen LogP contribution in [0.15, 0.2) is 58.4 Å². The van der Waals surface area contributed by atoms with Gasteiger partial charge in [0.05, 0.1) is 56.3 Å². The molecular formula is C54H78N2O17. The number of nitro groups is 1. The highest BCUT2D eigenvalue weighted by atomic mass is 16.7. The van der Waals surface area contributed by atoms with Gasteiger partial charge in [0, 0.05) is 54.3 Å². The van der Waals surface area contributed by atoms with Crippen molar-refractivity contribution < 1.29 is 77.6 Å². The Hall–Kier alpha value is -4.05. The quantitative estimate of drug-likeness (QED) is 0.0608. The third kappa shape index (κ3) is 9.88. The molecule has 1 saturated carbocycles. The van der Waals surface area contributed by atoms with Crippen molar-refractivity contribution in [1.29, 1.82) is 0 Å². The third-order valence-electron chi connectivity index (χ3n) is 18.1. The molecule has 0 aromatic rings. The third-order valence-corrected chi connectivity index (χ3v) is 18.1. The number of alkyl carbamates (subject to hydrolysis) is 1. The second-order valence-electron chi connectivity index (χ2n) is 23.1. The largest absolute Gasteiger partial charge is 0.511 e. The summed E-state index contributed by atoms with van der Waals surface area (Å²) >= 11 is 0. The molecule has 19 heteroatoms. The molecule has 0 aromatic heterocycles. The zero-order valence-electron chi connectivity index (χ0n) is 44.2. The number of aliphatic hydroxyl groups is 4. The molecule has 19 nitrogen and oxygen atoms in total. The predicted molar refractivity (Wildman–Crippen MR) is 262 cm³/mol. The standard InChI is InChI=1S/C54H78N2O17/c1-24-13-16-37(70-41-23-52(10,56(64)65)47(32(9)69-41)55-51(63)66-12)26(3)19-33-18-25(2)29(6)22-54(33)49(61)42(50(62)73-54)48(60)53(11)35(24)15-14-34-43(53)27(4)17-28(5)46(34)72-40-21-38(45(59)31(8)68-40)71-39-20-36(57)44(58)30(7)67-39/h13-15,18-19,27-41,43-47,57-60H,16-17,20-23H2,1-12H3,(H,55,63)/b24-13+,26-19+,48-42+/t27-,28-,29+,30-,31-,32+,33-,34-,35-,36+,37-,38+,39-,40-,41-,43+,44-,45-,46-,47-,52-,53+,54-/m0/s1. The van der Waals surface area contributed by atoms with E-state index < -0.39 is 137 Å². The van der Waals surface area contributed by atoms with Crippen molar-refractivity contribution in [3.63, 3.8) is 0 Å². The van der Waals surface area contributed by atoms with Crippen molar-refractivity contribution >= 4 is 17.8 Å². The Morgan fingerprint density at radius 2 is 1.45 bits per heavy atom. The number of nitrogens with zero attached hydrogens (tertiary/aromatic N) is 1. The number of fused-ring (bicyclic) bond motifs is 4. The van der Waals surface area contributed by atoms with E-state index in [-0.39, 0.29) is 67.1 Å². The lowest BCUT2D eigenvalue weighted by Gasteiger charge is -2.56. The predicted octanol–water partition coefficient (Wildman–Crippen LogP) is 6.07. The molecule has 1 amide bonds. The molecule has 5 N–H and O–H groups in total. The summed E-state index contributed by atoms with van der Waals surface area (Å²) in [5.41, 5.74) is -2.59. The van der Waals surface area contributed by atoms with Gasteiger partial charge in [-0.05, 0) is 83.6 Å². The number of ketones is 1. The summed E-state index contributed by atoms with van der Waals surface area (Å²) < 4.78 is 49.6. The molecule has 0 radical (unpaired) electrons. The van der Waals surface area contributed by atoms with Crippen LogP contribution in [-0.2, 0) is 47.5 Å². The summed E-state index contributed by atoms with van der Waals surface area (Å²) in [6, 6.07) is -1.05. The molecule has 23 atom stereocenters. The van der Waals surface area contributed by atoms with E-state index in [1.54, 1.807) is 20.8 Å². The Balaban J connectivity index is 1.17. The first kappa shape index (κ1) is 55.2. The number of hydrogen-bond acceptors (Lipinski definition) is 17. The van der Waals surface area contributed by atoms with Gasteiger partial charge in [0.15, 0.2) is 24.5 Å². The molecule has 73 heavy (non-hydrogen) atoms. The lowest BCUT2D eigenvalue weighted by Crippen LogP contribution is -2.65. The van der Waals surface area contributed by atoms with Crippen LogP contribution in [0.3, 0.4) is 0 Å². The first-order valence-electron chi connectivity index (χ1n) is 26.1.